The molecular formula is C22H20N2O3. The molecule has 1 aromatic heterocycles. The largest absolute Gasteiger partial charge is 0.385 e. The third-order valence-corrected chi connectivity index (χ3v) is 4.48. The number of hydrogen-bond acceptors (Lipinski definition) is 4. The number of nitrogens with zero attached hydrogens (tertiary/aromatic N) is 2. The number of β-lactam (4-membered cyclic amide) rings is 1. The van der Waals surface area contributed by atoms with Gasteiger partial charge in [0.15, 0.2) is 6.10 Å². The molecule has 2 heterocycles. The van der Waals surface area contributed by atoms with Gasteiger partial charge in [-0.15, -0.1) is 5.73 Å². The van der Waals surface area contributed by atoms with Crippen molar-refractivity contribution in [2.75, 3.05) is 13.7 Å². The molecule has 1 fully saturated rings. The molecule has 1 N–H and O–H groups in total. The molecule has 5 nitrogen and oxygen atoms in total. The maximum Gasteiger partial charge on any atom is 0.255 e. The predicted octanol–water partition coefficient (Wildman–Crippen LogP) is 1.89. The fraction of sp³-hybridized carbons (Fsp3) is 0.227. The van der Waals surface area contributed by atoms with Gasteiger partial charge in [-0.25, -0.2) is 4.98 Å². The normalized spacial score (nSPS) is 19.3. The van der Waals surface area contributed by atoms with Gasteiger partial charge in [0.2, 0.25) is 0 Å². The Morgan fingerprint density at radius 3 is 2.67 bits per heavy atom. The van der Waals surface area contributed by atoms with Crippen molar-refractivity contribution in [3.8, 4) is 11.8 Å². The van der Waals surface area contributed by atoms with Crippen LogP contribution in [0, 0.1) is 11.8 Å². The Balaban J connectivity index is 1.80. The number of aliphatic hydroxyl groups excluding tert-OH is 1. The van der Waals surface area contributed by atoms with Gasteiger partial charge in [-0.05, 0) is 23.6 Å². The highest BCUT2D eigenvalue weighted by Crippen LogP contribution is 2.31. The lowest BCUT2D eigenvalue weighted by Crippen LogP contribution is -2.69. The van der Waals surface area contributed by atoms with Crippen molar-refractivity contribution in [2.45, 2.75) is 18.2 Å². The van der Waals surface area contributed by atoms with E-state index in [-0.39, 0.29) is 12.5 Å². The van der Waals surface area contributed by atoms with Crippen LogP contribution in [0.3, 0.4) is 0 Å². The average Bonchev–Trinajstić information content (AvgIpc) is 2.71. The highest BCUT2D eigenvalue weighted by Gasteiger charge is 2.51. The molecule has 136 valence electrons. The maximum absolute atomic E-state index is 12.4. The summed E-state index contributed by atoms with van der Waals surface area (Å²) < 4.78 is 5.28. The van der Waals surface area contributed by atoms with Gasteiger partial charge in [0.25, 0.3) is 5.91 Å². The number of ether oxygens (including phenoxy) is 1. The molecule has 5 heteroatoms. The van der Waals surface area contributed by atoms with Gasteiger partial charge in [0, 0.05) is 18.9 Å². The molecule has 1 aliphatic heterocycles. The average molecular weight is 360 g/mol. The van der Waals surface area contributed by atoms with Crippen molar-refractivity contribution in [1.29, 1.82) is 0 Å². The smallest absolute Gasteiger partial charge is 0.255 e. The number of carbonyl (C=O) groups excluding carboxylic acids is 1. The Bertz CT molecular complexity index is 909. The molecule has 1 saturated heterocycles. The number of benzene rings is 1. The summed E-state index contributed by atoms with van der Waals surface area (Å²) >= 11 is 0. The molecular weight excluding hydrogens is 340 g/mol. The number of hydrogen-bond donors (Lipinski definition) is 1. The van der Waals surface area contributed by atoms with Gasteiger partial charge in [-0.1, -0.05) is 48.9 Å². The second-order valence-electron chi connectivity index (χ2n) is 6.03. The molecule has 2 aromatic rings. The van der Waals surface area contributed by atoms with Crippen molar-refractivity contribution >= 4 is 11.5 Å². The number of aromatic nitrogens is 1. The zero-order valence-electron chi connectivity index (χ0n) is 15.0. The van der Waals surface area contributed by atoms with Gasteiger partial charge in [-0.3, -0.25) is 4.79 Å². The monoisotopic (exact) mass is 360 g/mol. The van der Waals surface area contributed by atoms with Crippen LogP contribution in [0.1, 0.15) is 11.3 Å². The van der Waals surface area contributed by atoms with E-state index >= 15 is 0 Å². The van der Waals surface area contributed by atoms with E-state index in [4.69, 9.17) is 4.74 Å². The first kappa shape index (κ1) is 18.6. The van der Waals surface area contributed by atoms with Crippen LogP contribution < -0.4 is 0 Å². The van der Waals surface area contributed by atoms with Crippen molar-refractivity contribution < 1.29 is 14.6 Å². The van der Waals surface area contributed by atoms with Crippen molar-refractivity contribution in [3.63, 3.8) is 0 Å². The quantitative estimate of drug-likeness (QED) is 0.502. The van der Waals surface area contributed by atoms with Gasteiger partial charge in [0.1, 0.15) is 11.8 Å². The Kier molecular flexibility index (Phi) is 5.85. The molecule has 27 heavy (non-hydrogen) atoms. The van der Waals surface area contributed by atoms with E-state index in [1.54, 1.807) is 12.3 Å². The summed E-state index contributed by atoms with van der Waals surface area (Å²) in [6.45, 7) is 3.87. The highest BCUT2D eigenvalue weighted by molar-refractivity contribution is 5.90. The van der Waals surface area contributed by atoms with Crippen LogP contribution in [0.15, 0.2) is 67.0 Å². The van der Waals surface area contributed by atoms with Crippen LogP contribution in [0.4, 0.5) is 0 Å². The minimum absolute atomic E-state index is 0.177. The summed E-state index contributed by atoms with van der Waals surface area (Å²) in [6.07, 6.45) is -0.0410. The van der Waals surface area contributed by atoms with Crippen molar-refractivity contribution in [2.24, 2.45) is 0 Å². The van der Waals surface area contributed by atoms with Crippen LogP contribution in [-0.2, 0) is 9.53 Å². The lowest BCUT2D eigenvalue weighted by atomic mass is 9.86. The molecule has 0 spiro atoms. The number of aliphatic hydroxyl groups is 1. The number of rotatable bonds is 5. The second-order valence-corrected chi connectivity index (χ2v) is 6.03. The third-order valence-electron chi connectivity index (χ3n) is 4.48. The summed E-state index contributed by atoms with van der Waals surface area (Å²) in [5.74, 6) is 5.66. The standard InChI is InChI=1S/C22H20N2O3/c1-3-18(16-10-5-4-6-11-16)20(25)19-21(27-2)22(26)24(19)15-9-13-17-12-7-8-14-23-17/h4-8,10-12,14,19-21,25H,1,15H2,2H3/t19-,20+,21+/m0/s1. The van der Waals surface area contributed by atoms with Crippen molar-refractivity contribution in [3.05, 3.63) is 78.3 Å². The SMILES string of the molecule is C=C=C(c1ccccc1)[C@@H](O)[C@H]1[C@@H](OC)C(=O)N1CC#Cc1ccccn1. The molecule has 1 aliphatic rings. The van der Waals surface area contributed by atoms with E-state index in [1.807, 2.05) is 42.5 Å². The Morgan fingerprint density at radius 2 is 2.04 bits per heavy atom. The molecule has 3 rings (SSSR count). The lowest BCUT2D eigenvalue weighted by Gasteiger charge is -2.47. The Labute approximate surface area is 158 Å². The van der Waals surface area contributed by atoms with Gasteiger partial charge < -0.3 is 14.7 Å². The summed E-state index contributed by atoms with van der Waals surface area (Å²) in [5, 5.41) is 10.9. The fourth-order valence-electron chi connectivity index (χ4n) is 3.12. The van der Waals surface area contributed by atoms with Crippen LogP contribution in [-0.4, -0.2) is 52.8 Å². The van der Waals surface area contributed by atoms with E-state index in [0.717, 1.165) is 5.56 Å². The molecule has 0 aliphatic carbocycles. The zero-order valence-corrected chi connectivity index (χ0v) is 15.0. The number of likely N-dealkylation sites (tertiary alicyclic amines) is 1. The number of pyridine rings is 1. The third kappa shape index (κ3) is 3.84. The molecule has 0 unspecified atom stereocenters. The molecule has 0 radical (unpaired) electrons. The summed E-state index contributed by atoms with van der Waals surface area (Å²) in [7, 11) is 1.46. The minimum Gasteiger partial charge on any atom is -0.385 e. The van der Waals surface area contributed by atoms with Crippen LogP contribution in [0.2, 0.25) is 0 Å². The first-order valence-corrected chi connectivity index (χ1v) is 8.54. The second kappa shape index (κ2) is 8.48. The van der Waals surface area contributed by atoms with E-state index in [9.17, 15) is 9.90 Å². The van der Waals surface area contributed by atoms with Gasteiger partial charge in [0.05, 0.1) is 12.6 Å². The molecule has 0 bridgehead atoms. The Morgan fingerprint density at radius 1 is 1.30 bits per heavy atom. The molecule has 1 aromatic carbocycles. The Hall–Kier alpha value is -3.16. The van der Waals surface area contributed by atoms with E-state index in [1.165, 1.54) is 12.0 Å². The predicted molar refractivity (Wildman–Crippen MR) is 102 cm³/mol. The van der Waals surface area contributed by atoms with E-state index in [2.05, 4.69) is 29.1 Å². The topological polar surface area (TPSA) is 62.7 Å². The summed E-state index contributed by atoms with van der Waals surface area (Å²) in [6, 6.07) is 14.3. The maximum atomic E-state index is 12.4. The molecule has 3 atom stereocenters. The van der Waals surface area contributed by atoms with Gasteiger partial charge >= 0.3 is 0 Å². The van der Waals surface area contributed by atoms with Crippen LogP contribution in [0.5, 0.6) is 0 Å². The first-order chi connectivity index (χ1) is 13.2. The van der Waals surface area contributed by atoms with Gasteiger partial charge in [-0.2, -0.15) is 0 Å². The minimum atomic E-state index is -0.982. The molecule has 0 saturated carbocycles. The number of amides is 1. The fourth-order valence-corrected chi connectivity index (χ4v) is 3.12. The van der Waals surface area contributed by atoms with Crippen LogP contribution in [0.25, 0.3) is 5.57 Å². The highest BCUT2D eigenvalue weighted by atomic mass is 16.5. The first-order valence-electron chi connectivity index (χ1n) is 8.54. The van der Waals surface area contributed by atoms with Crippen LogP contribution >= 0.6 is 0 Å². The zero-order chi connectivity index (χ0) is 19.2. The van der Waals surface area contributed by atoms with E-state index < -0.39 is 18.2 Å². The lowest BCUT2D eigenvalue weighted by molar-refractivity contribution is -0.175. The summed E-state index contributed by atoms with van der Waals surface area (Å²) in [5.41, 5.74) is 4.76. The number of carbonyl (C=O) groups is 1. The van der Waals surface area contributed by atoms with Crippen molar-refractivity contribution in [1.82, 2.24) is 9.88 Å². The number of methoxy groups -OCH3 is 1. The molecule has 1 amide bonds. The summed E-state index contributed by atoms with van der Waals surface area (Å²) in [4.78, 5) is 18.0. The van der Waals surface area contributed by atoms with E-state index in [0.29, 0.717) is 11.3 Å².